The fourth-order valence-corrected chi connectivity index (χ4v) is 3.80. The van der Waals surface area contributed by atoms with Crippen LogP contribution in [0.1, 0.15) is 29.6 Å². The second kappa shape index (κ2) is 7.65. The lowest BCUT2D eigenvalue weighted by atomic mass is 10.0. The highest BCUT2D eigenvalue weighted by Crippen LogP contribution is 2.18. The van der Waals surface area contributed by atoms with Crippen LogP contribution < -0.4 is 0 Å². The third-order valence-corrected chi connectivity index (χ3v) is 5.36. The first-order valence-electron chi connectivity index (χ1n) is 8.61. The minimum atomic E-state index is 0.0990. The van der Waals surface area contributed by atoms with Gasteiger partial charge in [0, 0.05) is 49.4 Å². The molecule has 0 radical (unpaired) electrons. The molecular weight excluding hydrogens is 310 g/mol. The van der Waals surface area contributed by atoms with E-state index in [1.807, 2.05) is 17.0 Å². The van der Waals surface area contributed by atoms with Crippen LogP contribution in [0.25, 0.3) is 0 Å². The van der Waals surface area contributed by atoms with E-state index in [4.69, 9.17) is 11.6 Å². The molecule has 0 aromatic heterocycles. The van der Waals surface area contributed by atoms with Crippen LogP contribution in [0.4, 0.5) is 0 Å². The smallest absolute Gasteiger partial charge is 0.253 e. The number of hydrogen-bond acceptors (Lipinski definition) is 3. The number of piperidine rings is 1. The molecule has 0 bridgehead atoms. The van der Waals surface area contributed by atoms with E-state index >= 15 is 0 Å². The molecule has 2 saturated heterocycles. The number of carbonyl (C=O) groups is 1. The number of piperazine rings is 1. The number of amides is 1. The highest BCUT2D eigenvalue weighted by atomic mass is 35.5. The van der Waals surface area contributed by atoms with E-state index < -0.39 is 0 Å². The van der Waals surface area contributed by atoms with Crippen LogP contribution >= 0.6 is 11.6 Å². The number of hydrogen-bond donors (Lipinski definition) is 0. The fourth-order valence-electron chi connectivity index (χ4n) is 3.61. The molecule has 1 aromatic carbocycles. The Bertz CT molecular complexity index is 543. The molecule has 126 valence electrons. The molecule has 2 fully saturated rings. The van der Waals surface area contributed by atoms with Gasteiger partial charge in [0.1, 0.15) is 0 Å². The molecule has 1 amide bonds. The molecule has 0 aliphatic carbocycles. The SMILES string of the molecule is CN1CCCC[C@H]1CN1CCN(C(=O)c2cccc(Cl)c2)CC1. The molecule has 23 heavy (non-hydrogen) atoms. The summed E-state index contributed by atoms with van der Waals surface area (Å²) >= 11 is 5.99. The maximum absolute atomic E-state index is 12.5. The van der Waals surface area contributed by atoms with Gasteiger partial charge in [-0.25, -0.2) is 0 Å². The second-order valence-corrected chi connectivity index (χ2v) is 7.17. The molecule has 3 rings (SSSR count). The predicted molar refractivity (Wildman–Crippen MR) is 94.1 cm³/mol. The number of likely N-dealkylation sites (tertiary alicyclic amines) is 1. The molecule has 1 atom stereocenters. The first kappa shape index (κ1) is 16.7. The highest BCUT2D eigenvalue weighted by molar-refractivity contribution is 6.30. The number of benzene rings is 1. The molecule has 2 aliphatic rings. The highest BCUT2D eigenvalue weighted by Gasteiger charge is 2.26. The lowest BCUT2D eigenvalue weighted by Gasteiger charge is -2.40. The topological polar surface area (TPSA) is 26.8 Å². The average molecular weight is 336 g/mol. The van der Waals surface area contributed by atoms with Crippen molar-refractivity contribution < 1.29 is 4.79 Å². The predicted octanol–water partition coefficient (Wildman–Crippen LogP) is 2.58. The van der Waals surface area contributed by atoms with Crippen molar-refractivity contribution in [2.75, 3.05) is 46.3 Å². The molecule has 0 saturated carbocycles. The summed E-state index contributed by atoms with van der Waals surface area (Å²) in [6.07, 6.45) is 3.98. The molecule has 1 aromatic rings. The van der Waals surface area contributed by atoms with Gasteiger partial charge < -0.3 is 9.80 Å². The van der Waals surface area contributed by atoms with Crippen molar-refractivity contribution in [3.63, 3.8) is 0 Å². The summed E-state index contributed by atoms with van der Waals surface area (Å²) in [5.74, 6) is 0.0990. The minimum absolute atomic E-state index is 0.0990. The Morgan fingerprint density at radius 2 is 1.96 bits per heavy atom. The van der Waals surface area contributed by atoms with Crippen molar-refractivity contribution in [2.45, 2.75) is 25.3 Å². The van der Waals surface area contributed by atoms with E-state index in [1.165, 1.54) is 25.8 Å². The molecule has 2 aliphatic heterocycles. The summed E-state index contributed by atoms with van der Waals surface area (Å²) in [6, 6.07) is 7.92. The van der Waals surface area contributed by atoms with E-state index in [1.54, 1.807) is 12.1 Å². The van der Waals surface area contributed by atoms with Crippen molar-refractivity contribution in [1.82, 2.24) is 14.7 Å². The van der Waals surface area contributed by atoms with Crippen LogP contribution in [0.5, 0.6) is 0 Å². The van der Waals surface area contributed by atoms with E-state index in [2.05, 4.69) is 16.8 Å². The van der Waals surface area contributed by atoms with Crippen molar-refractivity contribution in [1.29, 1.82) is 0 Å². The van der Waals surface area contributed by atoms with Gasteiger partial charge in [-0.1, -0.05) is 24.1 Å². The van der Waals surface area contributed by atoms with Crippen LogP contribution in [-0.2, 0) is 0 Å². The Labute approximate surface area is 144 Å². The van der Waals surface area contributed by atoms with Crippen LogP contribution in [0.15, 0.2) is 24.3 Å². The normalized spacial score (nSPS) is 23.9. The molecule has 0 unspecified atom stereocenters. The van der Waals surface area contributed by atoms with Gasteiger partial charge in [-0.3, -0.25) is 9.69 Å². The fraction of sp³-hybridized carbons (Fsp3) is 0.611. The number of likely N-dealkylation sites (N-methyl/N-ethyl adjacent to an activating group) is 1. The molecule has 5 heteroatoms. The Kier molecular flexibility index (Phi) is 5.57. The Hall–Kier alpha value is -1.10. The summed E-state index contributed by atoms with van der Waals surface area (Å²) in [6.45, 7) is 5.91. The lowest BCUT2D eigenvalue weighted by molar-refractivity contribution is 0.0565. The Morgan fingerprint density at radius 1 is 1.17 bits per heavy atom. The quantitative estimate of drug-likeness (QED) is 0.849. The van der Waals surface area contributed by atoms with Gasteiger partial charge in [-0.2, -0.15) is 0 Å². The third kappa shape index (κ3) is 4.25. The van der Waals surface area contributed by atoms with Gasteiger partial charge in [0.25, 0.3) is 5.91 Å². The van der Waals surface area contributed by atoms with Gasteiger partial charge in [0.05, 0.1) is 0 Å². The van der Waals surface area contributed by atoms with E-state index in [-0.39, 0.29) is 5.91 Å². The molecule has 2 heterocycles. The van der Waals surface area contributed by atoms with Crippen molar-refractivity contribution in [2.24, 2.45) is 0 Å². The zero-order valence-corrected chi connectivity index (χ0v) is 14.6. The number of rotatable bonds is 3. The third-order valence-electron chi connectivity index (χ3n) is 5.12. The first-order chi connectivity index (χ1) is 11.1. The first-order valence-corrected chi connectivity index (χ1v) is 8.99. The number of halogens is 1. The molecular formula is C18H26ClN3O. The molecule has 0 spiro atoms. The maximum Gasteiger partial charge on any atom is 0.253 e. The Morgan fingerprint density at radius 3 is 2.65 bits per heavy atom. The van der Waals surface area contributed by atoms with E-state index in [0.717, 1.165) is 32.7 Å². The summed E-state index contributed by atoms with van der Waals surface area (Å²) < 4.78 is 0. The zero-order chi connectivity index (χ0) is 16.2. The summed E-state index contributed by atoms with van der Waals surface area (Å²) in [7, 11) is 2.24. The van der Waals surface area contributed by atoms with Gasteiger partial charge in [-0.15, -0.1) is 0 Å². The number of nitrogens with zero attached hydrogens (tertiary/aromatic N) is 3. The van der Waals surface area contributed by atoms with Gasteiger partial charge in [0.15, 0.2) is 0 Å². The maximum atomic E-state index is 12.5. The largest absolute Gasteiger partial charge is 0.336 e. The Balaban J connectivity index is 1.51. The monoisotopic (exact) mass is 335 g/mol. The van der Waals surface area contributed by atoms with Crippen LogP contribution in [-0.4, -0.2) is 73.0 Å². The standard InChI is InChI=1S/C18H26ClN3O/c1-20-8-3-2-7-17(20)14-21-9-11-22(12-10-21)18(23)15-5-4-6-16(19)13-15/h4-6,13,17H,2-3,7-12,14H2,1H3/t17-/m0/s1. The van der Waals surface area contributed by atoms with Gasteiger partial charge >= 0.3 is 0 Å². The van der Waals surface area contributed by atoms with Crippen LogP contribution in [0, 0.1) is 0 Å². The van der Waals surface area contributed by atoms with Crippen molar-refractivity contribution in [3.05, 3.63) is 34.9 Å². The molecule has 0 N–H and O–H groups in total. The van der Waals surface area contributed by atoms with E-state index in [9.17, 15) is 4.79 Å². The zero-order valence-electron chi connectivity index (χ0n) is 13.9. The van der Waals surface area contributed by atoms with E-state index in [0.29, 0.717) is 16.6 Å². The second-order valence-electron chi connectivity index (χ2n) is 6.73. The van der Waals surface area contributed by atoms with Crippen molar-refractivity contribution in [3.8, 4) is 0 Å². The van der Waals surface area contributed by atoms with Crippen molar-refractivity contribution >= 4 is 17.5 Å². The van der Waals surface area contributed by atoms with Gasteiger partial charge in [-0.05, 0) is 44.6 Å². The lowest BCUT2D eigenvalue weighted by Crippen LogP contribution is -2.53. The van der Waals surface area contributed by atoms with Gasteiger partial charge in [0.2, 0.25) is 0 Å². The average Bonchev–Trinajstić information content (AvgIpc) is 2.57. The molecule has 4 nitrogen and oxygen atoms in total. The summed E-state index contributed by atoms with van der Waals surface area (Å²) in [5.41, 5.74) is 0.693. The van der Waals surface area contributed by atoms with Crippen LogP contribution in [0.2, 0.25) is 5.02 Å². The number of carbonyl (C=O) groups excluding carboxylic acids is 1. The minimum Gasteiger partial charge on any atom is -0.336 e. The summed E-state index contributed by atoms with van der Waals surface area (Å²) in [4.78, 5) is 19.5. The summed E-state index contributed by atoms with van der Waals surface area (Å²) in [5, 5.41) is 0.620. The van der Waals surface area contributed by atoms with Crippen LogP contribution in [0.3, 0.4) is 0 Å².